The second-order valence-electron chi connectivity index (χ2n) is 7.15. The van der Waals surface area contributed by atoms with Crippen LogP contribution >= 0.6 is 0 Å². The average Bonchev–Trinajstić information content (AvgIpc) is 2.77. The van der Waals surface area contributed by atoms with Crippen molar-refractivity contribution < 1.29 is 14.9 Å². The van der Waals surface area contributed by atoms with Crippen LogP contribution < -0.4 is 4.90 Å². The first kappa shape index (κ1) is 21.8. The van der Waals surface area contributed by atoms with Crippen molar-refractivity contribution >= 4 is 17.3 Å². The molecule has 2 N–H and O–H groups in total. The largest absolute Gasteiger partial charge is 0.504 e. The van der Waals surface area contributed by atoms with Crippen LogP contribution in [0.4, 0.5) is 5.69 Å². The zero-order valence-corrected chi connectivity index (χ0v) is 18.0. The predicted molar refractivity (Wildman–Crippen MR) is 124 cm³/mol. The van der Waals surface area contributed by atoms with Crippen molar-refractivity contribution in [2.75, 3.05) is 18.0 Å². The molecule has 0 spiro atoms. The Labute approximate surface area is 183 Å². The van der Waals surface area contributed by atoms with Gasteiger partial charge in [-0.25, -0.2) is 0 Å². The fourth-order valence-corrected chi connectivity index (χ4v) is 3.43. The van der Waals surface area contributed by atoms with Crippen LogP contribution in [0.25, 0.3) is 11.6 Å². The highest BCUT2D eigenvalue weighted by Crippen LogP contribution is 2.29. The second-order valence-corrected chi connectivity index (χ2v) is 7.15. The third-order valence-corrected chi connectivity index (χ3v) is 5.06. The van der Waals surface area contributed by atoms with Crippen LogP contribution in [0, 0.1) is 11.3 Å². The fourth-order valence-electron chi connectivity index (χ4n) is 3.43. The molecule has 158 valence electrons. The molecule has 0 saturated heterocycles. The van der Waals surface area contributed by atoms with E-state index in [-0.39, 0.29) is 11.5 Å². The molecule has 31 heavy (non-hydrogen) atoms. The van der Waals surface area contributed by atoms with Gasteiger partial charge in [0.15, 0.2) is 11.5 Å². The van der Waals surface area contributed by atoms with Gasteiger partial charge in [0.25, 0.3) is 0 Å². The number of nitriles is 1. The highest BCUT2D eigenvalue weighted by molar-refractivity contribution is 5.84. The SMILES string of the molecule is CCN(CC)c1ccc(/C(C#N)=C2\C=C(C)OC(/C=C/c3ccc(O)c(O)c3)=C2)cc1. The van der Waals surface area contributed by atoms with Gasteiger partial charge in [0, 0.05) is 18.8 Å². The lowest BCUT2D eigenvalue weighted by Crippen LogP contribution is -2.21. The molecule has 1 aliphatic rings. The maximum Gasteiger partial charge on any atom is 0.157 e. The average molecular weight is 415 g/mol. The van der Waals surface area contributed by atoms with Gasteiger partial charge in [-0.05, 0) is 80.0 Å². The number of phenols is 2. The lowest BCUT2D eigenvalue weighted by molar-refractivity contribution is 0.318. The molecule has 0 bridgehead atoms. The summed E-state index contributed by atoms with van der Waals surface area (Å²) in [5.41, 5.74) is 4.04. The van der Waals surface area contributed by atoms with E-state index in [0.29, 0.717) is 22.7 Å². The molecule has 0 saturated carbocycles. The van der Waals surface area contributed by atoms with Crippen molar-refractivity contribution in [2.24, 2.45) is 0 Å². The van der Waals surface area contributed by atoms with Crippen molar-refractivity contribution in [3.63, 3.8) is 0 Å². The first-order valence-electron chi connectivity index (χ1n) is 10.2. The van der Waals surface area contributed by atoms with E-state index in [1.165, 1.54) is 12.1 Å². The lowest BCUT2D eigenvalue weighted by atomic mass is 9.98. The van der Waals surface area contributed by atoms with E-state index >= 15 is 0 Å². The lowest BCUT2D eigenvalue weighted by Gasteiger charge is -2.21. The molecule has 0 amide bonds. The third kappa shape index (κ3) is 5.18. The van der Waals surface area contributed by atoms with E-state index in [9.17, 15) is 15.5 Å². The van der Waals surface area contributed by atoms with E-state index in [1.54, 1.807) is 18.2 Å². The Morgan fingerprint density at radius 1 is 1.00 bits per heavy atom. The number of hydrogen-bond donors (Lipinski definition) is 2. The van der Waals surface area contributed by atoms with Gasteiger partial charge in [-0.15, -0.1) is 0 Å². The Morgan fingerprint density at radius 3 is 2.32 bits per heavy atom. The fraction of sp³-hybridized carbons (Fsp3) is 0.192. The van der Waals surface area contributed by atoms with Crippen LogP contribution in [-0.2, 0) is 4.74 Å². The van der Waals surface area contributed by atoms with Crippen molar-refractivity contribution in [3.05, 3.63) is 88.9 Å². The van der Waals surface area contributed by atoms with Crippen LogP contribution in [-0.4, -0.2) is 23.3 Å². The van der Waals surface area contributed by atoms with Gasteiger partial charge in [-0.2, -0.15) is 5.26 Å². The van der Waals surface area contributed by atoms with Crippen LogP contribution in [0.5, 0.6) is 11.5 Å². The number of anilines is 1. The highest BCUT2D eigenvalue weighted by atomic mass is 16.5. The van der Waals surface area contributed by atoms with Gasteiger partial charge in [-0.1, -0.05) is 24.3 Å². The maximum absolute atomic E-state index is 9.85. The summed E-state index contributed by atoms with van der Waals surface area (Å²) in [6, 6.07) is 14.9. The van der Waals surface area contributed by atoms with E-state index in [1.807, 2.05) is 43.3 Å². The number of ether oxygens (including phenoxy) is 1. The third-order valence-electron chi connectivity index (χ3n) is 5.06. The van der Waals surface area contributed by atoms with Crippen molar-refractivity contribution in [3.8, 4) is 17.6 Å². The van der Waals surface area contributed by atoms with Gasteiger partial charge < -0.3 is 19.8 Å². The van der Waals surface area contributed by atoms with Crippen LogP contribution in [0.2, 0.25) is 0 Å². The van der Waals surface area contributed by atoms with Crippen molar-refractivity contribution in [1.29, 1.82) is 5.26 Å². The number of nitrogens with zero attached hydrogens (tertiary/aromatic N) is 2. The summed E-state index contributed by atoms with van der Waals surface area (Å²) in [6.07, 6.45) is 7.20. The van der Waals surface area contributed by atoms with Gasteiger partial charge in [-0.3, -0.25) is 0 Å². The van der Waals surface area contributed by atoms with E-state index in [4.69, 9.17) is 4.74 Å². The normalized spacial score (nSPS) is 15.0. The molecule has 3 rings (SSSR count). The number of allylic oxidation sites excluding steroid dienone is 6. The monoisotopic (exact) mass is 414 g/mol. The van der Waals surface area contributed by atoms with Gasteiger partial charge >= 0.3 is 0 Å². The number of hydrogen-bond acceptors (Lipinski definition) is 5. The summed E-state index contributed by atoms with van der Waals surface area (Å²) in [4.78, 5) is 2.26. The molecule has 5 nitrogen and oxygen atoms in total. The van der Waals surface area contributed by atoms with Crippen molar-refractivity contribution in [2.45, 2.75) is 20.8 Å². The standard InChI is InChI=1S/C26H26N2O3/c1-4-28(5-2)22-10-8-20(9-11-22)24(17-27)21-14-18(3)31-23(16-21)12-6-19-7-13-25(29)26(30)15-19/h6-16,29-30H,4-5H2,1-3H3/b12-6+,24-21+. The quantitative estimate of drug-likeness (QED) is 0.465. The Hall–Kier alpha value is -3.91. The second kappa shape index (κ2) is 9.73. The van der Waals surface area contributed by atoms with Gasteiger partial charge in [0.1, 0.15) is 17.6 Å². The zero-order chi connectivity index (χ0) is 22.4. The Balaban J connectivity index is 1.93. The van der Waals surface area contributed by atoms with E-state index in [0.717, 1.165) is 29.9 Å². The van der Waals surface area contributed by atoms with Crippen LogP contribution in [0.15, 0.2) is 77.8 Å². The minimum absolute atomic E-state index is 0.167. The molecule has 1 heterocycles. The van der Waals surface area contributed by atoms with Crippen LogP contribution in [0.3, 0.4) is 0 Å². The first-order chi connectivity index (χ1) is 14.9. The molecule has 2 aromatic carbocycles. The predicted octanol–water partition coefficient (Wildman–Crippen LogP) is 5.75. The highest BCUT2D eigenvalue weighted by Gasteiger charge is 2.13. The van der Waals surface area contributed by atoms with Gasteiger partial charge in [0.05, 0.1) is 5.57 Å². The van der Waals surface area contributed by atoms with Crippen LogP contribution in [0.1, 0.15) is 31.9 Å². The molecule has 0 atom stereocenters. The number of rotatable bonds is 6. The molecule has 0 aromatic heterocycles. The number of benzene rings is 2. The maximum atomic E-state index is 9.85. The number of aromatic hydroxyl groups is 2. The molecular weight excluding hydrogens is 388 g/mol. The molecule has 5 heteroatoms. The van der Waals surface area contributed by atoms with E-state index < -0.39 is 0 Å². The first-order valence-corrected chi connectivity index (χ1v) is 10.2. The molecule has 0 aliphatic carbocycles. The summed E-state index contributed by atoms with van der Waals surface area (Å²) < 4.78 is 5.78. The van der Waals surface area contributed by atoms with E-state index in [2.05, 4.69) is 24.8 Å². The summed E-state index contributed by atoms with van der Waals surface area (Å²) in [7, 11) is 0. The molecular formula is C26H26N2O3. The smallest absolute Gasteiger partial charge is 0.157 e. The summed E-state index contributed by atoms with van der Waals surface area (Å²) in [6.45, 7) is 7.94. The Morgan fingerprint density at radius 2 is 1.71 bits per heavy atom. The minimum Gasteiger partial charge on any atom is -0.504 e. The molecule has 2 aromatic rings. The molecule has 0 unspecified atom stereocenters. The van der Waals surface area contributed by atoms with Gasteiger partial charge in [0.2, 0.25) is 0 Å². The summed E-state index contributed by atoms with van der Waals surface area (Å²) >= 11 is 0. The zero-order valence-electron chi connectivity index (χ0n) is 18.0. The number of phenolic OH excluding ortho intramolecular Hbond substituents is 2. The molecule has 0 fully saturated rings. The Bertz CT molecular complexity index is 1110. The molecule has 1 aliphatic heterocycles. The summed E-state index contributed by atoms with van der Waals surface area (Å²) in [5, 5.41) is 28.9. The Kier molecular flexibility index (Phi) is 6.84. The van der Waals surface area contributed by atoms with Crippen molar-refractivity contribution in [1.82, 2.24) is 0 Å². The molecule has 0 radical (unpaired) electrons. The topological polar surface area (TPSA) is 76.7 Å². The minimum atomic E-state index is -0.183. The summed E-state index contributed by atoms with van der Waals surface area (Å²) in [5.74, 6) is 0.908.